The summed E-state index contributed by atoms with van der Waals surface area (Å²) in [4.78, 5) is 2.42. The zero-order valence-electron chi connectivity index (χ0n) is 10.0. The van der Waals surface area contributed by atoms with Crippen molar-refractivity contribution < 1.29 is 0 Å². The van der Waals surface area contributed by atoms with Crippen LogP contribution in [0.25, 0.3) is 0 Å². The van der Waals surface area contributed by atoms with Gasteiger partial charge in [0.2, 0.25) is 0 Å². The number of nitriles is 1. The van der Waals surface area contributed by atoms with Gasteiger partial charge in [-0.05, 0) is 31.5 Å². The van der Waals surface area contributed by atoms with Crippen LogP contribution in [0, 0.1) is 11.3 Å². The number of hydrogen-bond donors (Lipinski definition) is 0. The Kier molecular flexibility index (Phi) is 6.29. The Balaban J connectivity index is 2.41. The van der Waals surface area contributed by atoms with Crippen LogP contribution in [0.1, 0.15) is 31.7 Å². The van der Waals surface area contributed by atoms with Gasteiger partial charge in [0.05, 0.1) is 6.07 Å². The fourth-order valence-corrected chi connectivity index (χ4v) is 1.81. The van der Waals surface area contributed by atoms with Crippen LogP contribution in [0.2, 0.25) is 0 Å². The van der Waals surface area contributed by atoms with Crippen molar-refractivity contribution in [2.75, 3.05) is 13.1 Å². The van der Waals surface area contributed by atoms with E-state index in [2.05, 4.69) is 42.2 Å². The molecule has 0 amide bonds. The van der Waals surface area contributed by atoms with Crippen LogP contribution in [0.5, 0.6) is 0 Å². The maximum atomic E-state index is 8.53. The smallest absolute Gasteiger partial charge is 0.0622 e. The van der Waals surface area contributed by atoms with E-state index < -0.39 is 0 Å². The molecule has 1 aromatic rings. The molecule has 0 radical (unpaired) electrons. The monoisotopic (exact) mass is 216 g/mol. The molecule has 0 saturated carbocycles. The molecule has 0 saturated heterocycles. The molecule has 86 valence electrons. The first-order valence-electron chi connectivity index (χ1n) is 6.00. The van der Waals surface area contributed by atoms with Crippen molar-refractivity contribution in [3.8, 4) is 6.07 Å². The van der Waals surface area contributed by atoms with Gasteiger partial charge in [-0.1, -0.05) is 37.3 Å². The van der Waals surface area contributed by atoms with E-state index in [-0.39, 0.29) is 0 Å². The van der Waals surface area contributed by atoms with Crippen LogP contribution in [0.4, 0.5) is 0 Å². The second-order valence-electron chi connectivity index (χ2n) is 4.02. The Hall–Kier alpha value is -1.33. The van der Waals surface area contributed by atoms with E-state index in [0.29, 0.717) is 6.42 Å². The minimum absolute atomic E-state index is 0.662. The molecule has 0 spiro atoms. The molecular formula is C14H20N2. The van der Waals surface area contributed by atoms with E-state index >= 15 is 0 Å². The van der Waals surface area contributed by atoms with Crippen LogP contribution >= 0.6 is 0 Å². The Labute approximate surface area is 98.5 Å². The number of hydrogen-bond acceptors (Lipinski definition) is 2. The number of benzene rings is 1. The predicted octanol–water partition coefficient (Wildman–Crippen LogP) is 3.20. The molecule has 16 heavy (non-hydrogen) atoms. The van der Waals surface area contributed by atoms with Crippen molar-refractivity contribution in [3.63, 3.8) is 0 Å². The van der Waals surface area contributed by atoms with Crippen molar-refractivity contribution in [1.82, 2.24) is 4.90 Å². The summed E-state index contributed by atoms with van der Waals surface area (Å²) in [6.45, 7) is 5.33. The number of nitrogens with zero attached hydrogens (tertiary/aromatic N) is 2. The summed E-state index contributed by atoms with van der Waals surface area (Å²) in [7, 11) is 0. The predicted molar refractivity (Wildman–Crippen MR) is 66.9 cm³/mol. The highest BCUT2D eigenvalue weighted by Crippen LogP contribution is 2.06. The van der Waals surface area contributed by atoms with Crippen molar-refractivity contribution in [2.45, 2.75) is 32.7 Å². The first-order valence-corrected chi connectivity index (χ1v) is 6.00. The third kappa shape index (κ3) is 4.95. The van der Waals surface area contributed by atoms with Crippen LogP contribution in [0.3, 0.4) is 0 Å². The van der Waals surface area contributed by atoms with Gasteiger partial charge in [-0.25, -0.2) is 0 Å². The van der Waals surface area contributed by atoms with E-state index in [1.54, 1.807) is 0 Å². The van der Waals surface area contributed by atoms with Gasteiger partial charge >= 0.3 is 0 Å². The fourth-order valence-electron chi connectivity index (χ4n) is 1.81. The summed E-state index contributed by atoms with van der Waals surface area (Å²) in [6, 6.07) is 12.7. The Bertz CT molecular complexity index is 313. The molecule has 1 aromatic carbocycles. The third-order valence-corrected chi connectivity index (χ3v) is 2.55. The summed E-state index contributed by atoms with van der Waals surface area (Å²) >= 11 is 0. The van der Waals surface area contributed by atoms with E-state index in [4.69, 9.17) is 5.26 Å². The van der Waals surface area contributed by atoms with Crippen molar-refractivity contribution in [2.24, 2.45) is 0 Å². The normalized spacial score (nSPS) is 10.3. The van der Waals surface area contributed by atoms with Crippen LogP contribution < -0.4 is 0 Å². The average Bonchev–Trinajstić information content (AvgIpc) is 2.31. The van der Waals surface area contributed by atoms with Gasteiger partial charge in [-0.2, -0.15) is 5.26 Å². The lowest BCUT2D eigenvalue weighted by Gasteiger charge is -2.21. The maximum Gasteiger partial charge on any atom is 0.0622 e. The van der Waals surface area contributed by atoms with E-state index in [9.17, 15) is 0 Å². The largest absolute Gasteiger partial charge is 0.299 e. The van der Waals surface area contributed by atoms with Gasteiger partial charge in [-0.3, -0.25) is 4.90 Å². The van der Waals surface area contributed by atoms with E-state index in [1.807, 2.05) is 6.07 Å². The van der Waals surface area contributed by atoms with Gasteiger partial charge in [0, 0.05) is 13.0 Å². The van der Waals surface area contributed by atoms with Crippen molar-refractivity contribution in [1.29, 1.82) is 5.26 Å². The quantitative estimate of drug-likeness (QED) is 0.654. The Morgan fingerprint density at radius 3 is 2.56 bits per heavy atom. The summed E-state index contributed by atoms with van der Waals surface area (Å²) in [5.74, 6) is 0. The summed E-state index contributed by atoms with van der Waals surface area (Å²) in [5.41, 5.74) is 1.35. The molecule has 2 nitrogen and oxygen atoms in total. The highest BCUT2D eigenvalue weighted by atomic mass is 15.1. The molecule has 1 rings (SSSR count). The summed E-state index contributed by atoms with van der Waals surface area (Å²) < 4.78 is 0. The highest BCUT2D eigenvalue weighted by Gasteiger charge is 2.03. The fraction of sp³-hybridized carbons (Fsp3) is 0.500. The van der Waals surface area contributed by atoms with Gasteiger partial charge in [0.15, 0.2) is 0 Å². The Morgan fingerprint density at radius 2 is 1.94 bits per heavy atom. The van der Waals surface area contributed by atoms with Gasteiger partial charge in [-0.15, -0.1) is 0 Å². The van der Waals surface area contributed by atoms with Crippen LogP contribution in [-0.2, 0) is 6.54 Å². The molecule has 0 bridgehead atoms. The summed E-state index contributed by atoms with van der Waals surface area (Å²) in [5, 5.41) is 8.53. The highest BCUT2D eigenvalue weighted by molar-refractivity contribution is 5.14. The summed E-state index contributed by atoms with van der Waals surface area (Å²) in [6.07, 6.45) is 2.80. The average molecular weight is 216 g/mol. The van der Waals surface area contributed by atoms with Crippen molar-refractivity contribution >= 4 is 0 Å². The van der Waals surface area contributed by atoms with Crippen LogP contribution in [0.15, 0.2) is 30.3 Å². The van der Waals surface area contributed by atoms with Crippen molar-refractivity contribution in [3.05, 3.63) is 35.9 Å². The number of rotatable bonds is 7. The minimum Gasteiger partial charge on any atom is -0.299 e. The second-order valence-corrected chi connectivity index (χ2v) is 4.02. The molecule has 2 heteroatoms. The lowest BCUT2D eigenvalue weighted by atomic mass is 10.2. The van der Waals surface area contributed by atoms with Crippen LogP contribution in [-0.4, -0.2) is 18.0 Å². The van der Waals surface area contributed by atoms with E-state index in [1.165, 1.54) is 12.0 Å². The van der Waals surface area contributed by atoms with E-state index in [0.717, 1.165) is 26.1 Å². The first kappa shape index (κ1) is 12.7. The molecule has 0 heterocycles. The Morgan fingerprint density at radius 1 is 1.19 bits per heavy atom. The number of unbranched alkanes of at least 4 members (excludes halogenated alkanes) is 1. The topological polar surface area (TPSA) is 27.0 Å². The second kappa shape index (κ2) is 7.90. The van der Waals surface area contributed by atoms with Gasteiger partial charge in [0.1, 0.15) is 0 Å². The molecule has 0 atom stereocenters. The molecule has 0 aromatic heterocycles. The minimum atomic E-state index is 0.662. The molecule has 0 aliphatic rings. The lowest BCUT2D eigenvalue weighted by molar-refractivity contribution is 0.263. The molecule has 0 fully saturated rings. The molecule has 0 N–H and O–H groups in total. The van der Waals surface area contributed by atoms with Gasteiger partial charge < -0.3 is 0 Å². The lowest BCUT2D eigenvalue weighted by Crippen LogP contribution is -2.25. The zero-order chi connectivity index (χ0) is 11.6. The first-order chi connectivity index (χ1) is 7.86. The third-order valence-electron chi connectivity index (χ3n) is 2.55. The zero-order valence-corrected chi connectivity index (χ0v) is 10.0. The SMILES string of the molecule is CCCN(CCCC#N)Cc1ccccc1. The standard InChI is InChI=1S/C14H20N2/c1-2-11-16(12-7-6-10-15)13-14-8-4-3-5-9-14/h3-5,8-9H,2,6-7,11-13H2,1H3. The molecule has 0 unspecified atom stereocenters. The van der Waals surface area contributed by atoms with Gasteiger partial charge in [0.25, 0.3) is 0 Å². The molecule has 0 aliphatic heterocycles. The molecular weight excluding hydrogens is 196 g/mol. The maximum absolute atomic E-state index is 8.53. The molecule has 0 aliphatic carbocycles.